The Bertz CT molecular complexity index is 319. The summed E-state index contributed by atoms with van der Waals surface area (Å²) in [5.41, 5.74) is 0. The first-order valence-electron chi connectivity index (χ1n) is 7.42. The molecule has 2 heterocycles. The molecule has 108 valence electrons. The van der Waals surface area contributed by atoms with Gasteiger partial charge in [0.2, 0.25) is 11.8 Å². The largest absolute Gasteiger partial charge is 0.359 e. The number of carbonyl (C=O) groups is 2. The number of likely N-dealkylation sites (tertiary alicyclic amines) is 2. The number of hydrogen-bond acceptors (Lipinski definition) is 3. The zero-order chi connectivity index (χ0) is 13.7. The summed E-state index contributed by atoms with van der Waals surface area (Å²) in [5, 5.41) is 2.71. The van der Waals surface area contributed by atoms with Crippen molar-refractivity contribution in [2.45, 2.75) is 32.1 Å². The van der Waals surface area contributed by atoms with E-state index in [1.165, 1.54) is 6.42 Å². The molecule has 2 amide bonds. The minimum Gasteiger partial charge on any atom is -0.359 e. The molecular formula is C14H25N3O2. The van der Waals surface area contributed by atoms with E-state index in [4.69, 9.17) is 0 Å². The second-order valence-corrected chi connectivity index (χ2v) is 5.61. The van der Waals surface area contributed by atoms with Crippen LogP contribution in [0.1, 0.15) is 32.1 Å². The van der Waals surface area contributed by atoms with Crippen LogP contribution in [0.25, 0.3) is 0 Å². The van der Waals surface area contributed by atoms with Gasteiger partial charge in [-0.25, -0.2) is 0 Å². The summed E-state index contributed by atoms with van der Waals surface area (Å²) in [6.45, 7) is 4.09. The molecule has 2 aliphatic heterocycles. The fourth-order valence-electron chi connectivity index (χ4n) is 2.99. The number of nitrogens with zero attached hydrogens (tertiary/aromatic N) is 2. The van der Waals surface area contributed by atoms with Crippen LogP contribution in [-0.2, 0) is 9.59 Å². The molecule has 0 aliphatic carbocycles. The second-order valence-electron chi connectivity index (χ2n) is 5.61. The van der Waals surface area contributed by atoms with E-state index in [-0.39, 0.29) is 17.7 Å². The molecule has 2 saturated heterocycles. The highest BCUT2D eigenvalue weighted by molar-refractivity contribution is 5.79. The van der Waals surface area contributed by atoms with Crippen LogP contribution in [-0.4, -0.2) is 61.4 Å². The van der Waals surface area contributed by atoms with Gasteiger partial charge in [-0.05, 0) is 45.2 Å². The van der Waals surface area contributed by atoms with Crippen LogP contribution in [0.5, 0.6) is 0 Å². The number of amides is 2. The Kier molecular flexibility index (Phi) is 5.19. The van der Waals surface area contributed by atoms with Gasteiger partial charge in [0.25, 0.3) is 0 Å². The molecule has 0 aromatic carbocycles. The molecule has 0 unspecified atom stereocenters. The normalized spacial score (nSPS) is 22.3. The Morgan fingerprint density at radius 1 is 1.05 bits per heavy atom. The average molecular weight is 267 g/mol. The van der Waals surface area contributed by atoms with Crippen molar-refractivity contribution >= 4 is 11.8 Å². The first-order chi connectivity index (χ1) is 9.20. The summed E-state index contributed by atoms with van der Waals surface area (Å²) < 4.78 is 0. The molecule has 19 heavy (non-hydrogen) atoms. The molecule has 5 heteroatoms. The standard InChI is InChI=1S/C14H25N3O2/c1-15-14(19)12-5-9-16(10-6-12)11-13(18)17-7-3-2-4-8-17/h12H,2-11H2,1H3,(H,15,19). The van der Waals surface area contributed by atoms with Gasteiger partial charge in [0.15, 0.2) is 0 Å². The van der Waals surface area contributed by atoms with Gasteiger partial charge in [0.1, 0.15) is 0 Å². The highest BCUT2D eigenvalue weighted by Gasteiger charge is 2.26. The van der Waals surface area contributed by atoms with Crippen molar-refractivity contribution in [2.24, 2.45) is 5.92 Å². The smallest absolute Gasteiger partial charge is 0.236 e. The van der Waals surface area contributed by atoms with Crippen LogP contribution in [0.3, 0.4) is 0 Å². The summed E-state index contributed by atoms with van der Waals surface area (Å²) in [4.78, 5) is 27.9. The van der Waals surface area contributed by atoms with Crippen molar-refractivity contribution in [1.82, 2.24) is 15.1 Å². The van der Waals surface area contributed by atoms with E-state index < -0.39 is 0 Å². The Morgan fingerprint density at radius 3 is 2.26 bits per heavy atom. The molecule has 1 N–H and O–H groups in total. The third-order valence-electron chi connectivity index (χ3n) is 4.27. The minimum atomic E-state index is 0.131. The van der Waals surface area contributed by atoms with Crippen LogP contribution in [0.4, 0.5) is 0 Å². The predicted octanol–water partition coefficient (Wildman–Crippen LogP) is 0.457. The Hall–Kier alpha value is -1.10. The van der Waals surface area contributed by atoms with E-state index in [0.29, 0.717) is 6.54 Å². The Balaban J connectivity index is 1.72. The minimum absolute atomic E-state index is 0.131. The molecule has 0 saturated carbocycles. The first kappa shape index (κ1) is 14.3. The van der Waals surface area contributed by atoms with Crippen molar-refractivity contribution in [3.05, 3.63) is 0 Å². The first-order valence-corrected chi connectivity index (χ1v) is 7.42. The van der Waals surface area contributed by atoms with Crippen LogP contribution in [0.2, 0.25) is 0 Å². The number of rotatable bonds is 3. The molecule has 2 rings (SSSR count). The zero-order valence-corrected chi connectivity index (χ0v) is 11.9. The summed E-state index contributed by atoms with van der Waals surface area (Å²) in [6, 6.07) is 0. The van der Waals surface area contributed by atoms with Gasteiger partial charge in [-0.1, -0.05) is 0 Å². The summed E-state index contributed by atoms with van der Waals surface area (Å²) >= 11 is 0. The van der Waals surface area contributed by atoms with Gasteiger partial charge in [0.05, 0.1) is 6.54 Å². The highest BCUT2D eigenvalue weighted by Crippen LogP contribution is 2.17. The molecule has 0 atom stereocenters. The van der Waals surface area contributed by atoms with E-state index in [1.807, 2.05) is 4.90 Å². The predicted molar refractivity (Wildman–Crippen MR) is 73.7 cm³/mol. The maximum Gasteiger partial charge on any atom is 0.236 e. The molecule has 0 spiro atoms. The van der Waals surface area contributed by atoms with Crippen molar-refractivity contribution < 1.29 is 9.59 Å². The Morgan fingerprint density at radius 2 is 1.68 bits per heavy atom. The summed E-state index contributed by atoms with van der Waals surface area (Å²) in [6.07, 6.45) is 5.27. The summed E-state index contributed by atoms with van der Waals surface area (Å²) in [5.74, 6) is 0.534. The molecular weight excluding hydrogens is 242 g/mol. The molecule has 2 aliphatic rings. The van der Waals surface area contributed by atoms with Crippen molar-refractivity contribution in [3.8, 4) is 0 Å². The fourth-order valence-corrected chi connectivity index (χ4v) is 2.99. The van der Waals surface area contributed by atoms with Crippen molar-refractivity contribution in [2.75, 3.05) is 39.8 Å². The molecule has 2 fully saturated rings. The third-order valence-corrected chi connectivity index (χ3v) is 4.27. The lowest BCUT2D eigenvalue weighted by atomic mass is 9.96. The SMILES string of the molecule is CNC(=O)C1CCN(CC(=O)N2CCCCC2)CC1. The van der Waals surface area contributed by atoms with Crippen molar-refractivity contribution in [3.63, 3.8) is 0 Å². The van der Waals surface area contributed by atoms with E-state index >= 15 is 0 Å². The van der Waals surface area contributed by atoms with E-state index in [9.17, 15) is 9.59 Å². The summed E-state index contributed by atoms with van der Waals surface area (Å²) in [7, 11) is 1.69. The number of piperidine rings is 2. The maximum absolute atomic E-state index is 12.1. The van der Waals surface area contributed by atoms with Crippen LogP contribution >= 0.6 is 0 Å². The molecule has 0 aromatic heterocycles. The quantitative estimate of drug-likeness (QED) is 0.808. The monoisotopic (exact) mass is 267 g/mol. The lowest BCUT2D eigenvalue weighted by molar-refractivity contribution is -0.133. The third kappa shape index (κ3) is 3.93. The zero-order valence-electron chi connectivity index (χ0n) is 11.9. The van der Waals surface area contributed by atoms with Gasteiger partial charge >= 0.3 is 0 Å². The number of hydrogen-bond donors (Lipinski definition) is 1. The molecule has 0 aromatic rings. The number of carbonyl (C=O) groups excluding carboxylic acids is 2. The second kappa shape index (κ2) is 6.89. The van der Waals surface area contributed by atoms with E-state index in [1.54, 1.807) is 7.05 Å². The van der Waals surface area contributed by atoms with Crippen LogP contribution in [0.15, 0.2) is 0 Å². The van der Waals surface area contributed by atoms with Gasteiger partial charge in [-0.2, -0.15) is 0 Å². The topological polar surface area (TPSA) is 52.7 Å². The lowest BCUT2D eigenvalue weighted by Crippen LogP contribution is -2.46. The van der Waals surface area contributed by atoms with Gasteiger partial charge in [0, 0.05) is 26.1 Å². The Labute approximate surface area is 115 Å². The molecule has 5 nitrogen and oxygen atoms in total. The maximum atomic E-state index is 12.1. The van der Waals surface area contributed by atoms with Gasteiger partial charge in [-0.3, -0.25) is 14.5 Å². The lowest BCUT2D eigenvalue weighted by Gasteiger charge is -2.33. The van der Waals surface area contributed by atoms with Gasteiger partial charge in [-0.15, -0.1) is 0 Å². The van der Waals surface area contributed by atoms with E-state index in [0.717, 1.165) is 51.9 Å². The van der Waals surface area contributed by atoms with Crippen LogP contribution < -0.4 is 5.32 Å². The van der Waals surface area contributed by atoms with Gasteiger partial charge < -0.3 is 10.2 Å². The number of nitrogens with one attached hydrogen (secondary N) is 1. The van der Waals surface area contributed by atoms with Crippen LogP contribution in [0, 0.1) is 5.92 Å². The molecule has 0 radical (unpaired) electrons. The van der Waals surface area contributed by atoms with Crippen molar-refractivity contribution in [1.29, 1.82) is 0 Å². The fraction of sp³-hybridized carbons (Fsp3) is 0.857. The van der Waals surface area contributed by atoms with E-state index in [2.05, 4.69) is 10.2 Å². The molecule has 0 bridgehead atoms. The highest BCUT2D eigenvalue weighted by atomic mass is 16.2. The average Bonchev–Trinajstić information content (AvgIpc) is 2.48.